The quantitative estimate of drug-likeness (QED) is 0.773. The van der Waals surface area contributed by atoms with Gasteiger partial charge < -0.3 is 0 Å². The summed E-state index contributed by atoms with van der Waals surface area (Å²) >= 11 is 0. The minimum Gasteiger partial charge on any atom is -0.264 e. The summed E-state index contributed by atoms with van der Waals surface area (Å²) in [5.41, 5.74) is 1.47. The van der Waals surface area contributed by atoms with Gasteiger partial charge in [0, 0.05) is 5.56 Å². The summed E-state index contributed by atoms with van der Waals surface area (Å²) in [7, 11) is 1.39. The Kier molecular flexibility index (Phi) is 4.66. The summed E-state index contributed by atoms with van der Waals surface area (Å²) in [5, 5.41) is 0.891. The lowest BCUT2D eigenvalue weighted by molar-refractivity contribution is -0.320. The monoisotopic (exact) mass is 257 g/mol. The maximum atomic E-state index is 12.1. The second-order valence-corrected chi connectivity index (χ2v) is 3.87. The zero-order valence-corrected chi connectivity index (χ0v) is 10.7. The molecule has 0 aliphatic carbocycles. The van der Waals surface area contributed by atoms with Crippen LogP contribution in [0.3, 0.4) is 0 Å². The van der Waals surface area contributed by atoms with Gasteiger partial charge in [0.1, 0.15) is 6.61 Å². The molecule has 0 bridgehead atoms. The maximum absolute atomic E-state index is 12.1. The highest BCUT2D eigenvalue weighted by Gasteiger charge is 2.16. The molecule has 0 spiro atoms. The topological polar surface area (TPSA) is 38.8 Å². The number of benzene rings is 2. The van der Waals surface area contributed by atoms with Gasteiger partial charge in [0.15, 0.2) is 0 Å². The van der Waals surface area contributed by atoms with Crippen LogP contribution in [0.25, 0.3) is 0 Å². The molecule has 0 saturated heterocycles. The van der Waals surface area contributed by atoms with E-state index in [9.17, 15) is 4.79 Å². The fourth-order valence-corrected chi connectivity index (χ4v) is 1.59. The minimum absolute atomic E-state index is 0.271. The Hall–Kier alpha value is -2.17. The molecule has 98 valence electrons. The van der Waals surface area contributed by atoms with Crippen molar-refractivity contribution in [2.24, 2.45) is 0 Å². The molecule has 1 amide bonds. The van der Waals surface area contributed by atoms with Crippen molar-refractivity contribution in [3.05, 3.63) is 71.8 Å². The Morgan fingerprint density at radius 3 is 2.16 bits per heavy atom. The molecular weight excluding hydrogens is 242 g/mol. The van der Waals surface area contributed by atoms with E-state index in [1.165, 1.54) is 7.11 Å². The Bertz CT molecular complexity index is 513. The highest BCUT2D eigenvalue weighted by atomic mass is 16.9. The minimum atomic E-state index is -0.334. The van der Waals surface area contributed by atoms with Crippen molar-refractivity contribution < 1.29 is 14.5 Å². The van der Waals surface area contributed by atoms with Crippen molar-refractivity contribution in [1.29, 1.82) is 0 Å². The molecule has 0 heterocycles. The molecule has 0 aliphatic heterocycles. The fourth-order valence-electron chi connectivity index (χ4n) is 1.59. The number of rotatable bonds is 5. The van der Waals surface area contributed by atoms with Crippen molar-refractivity contribution in [2.45, 2.75) is 6.61 Å². The summed E-state index contributed by atoms with van der Waals surface area (Å²) in [5.74, 6) is -0.334. The molecule has 0 saturated carbocycles. The lowest BCUT2D eigenvalue weighted by atomic mass is 10.2. The number of hydrogen-bond acceptors (Lipinski definition) is 3. The third-order valence-electron chi connectivity index (χ3n) is 2.54. The Labute approximate surface area is 112 Å². The Morgan fingerprint density at radius 2 is 1.58 bits per heavy atom. The van der Waals surface area contributed by atoms with E-state index in [0.717, 1.165) is 10.8 Å². The van der Waals surface area contributed by atoms with Crippen LogP contribution in [-0.2, 0) is 16.3 Å². The molecule has 0 aliphatic rings. The molecule has 0 aromatic heterocycles. The summed E-state index contributed by atoms with van der Waals surface area (Å²) in [6.07, 6.45) is 0. The van der Waals surface area contributed by atoms with Gasteiger partial charge in [0.05, 0.1) is 7.11 Å². The Morgan fingerprint density at radius 1 is 1.00 bits per heavy atom. The first-order valence-electron chi connectivity index (χ1n) is 5.91. The molecule has 0 atom stereocenters. The van der Waals surface area contributed by atoms with E-state index in [-0.39, 0.29) is 12.5 Å². The van der Waals surface area contributed by atoms with Gasteiger partial charge in [-0.3, -0.25) is 4.79 Å². The zero-order chi connectivity index (χ0) is 13.5. The van der Waals surface area contributed by atoms with Crippen LogP contribution >= 0.6 is 0 Å². The van der Waals surface area contributed by atoms with Crippen LogP contribution in [0.15, 0.2) is 60.7 Å². The molecule has 2 rings (SSSR count). The first-order valence-corrected chi connectivity index (χ1v) is 5.91. The maximum Gasteiger partial charge on any atom is 0.303 e. The van der Waals surface area contributed by atoms with Crippen LogP contribution in [0.2, 0.25) is 0 Å². The smallest absolute Gasteiger partial charge is 0.264 e. The molecule has 4 nitrogen and oxygen atoms in total. The third-order valence-corrected chi connectivity index (χ3v) is 2.54. The third kappa shape index (κ3) is 3.64. The van der Waals surface area contributed by atoms with Gasteiger partial charge in [-0.25, -0.2) is 9.68 Å². The highest BCUT2D eigenvalue weighted by Crippen LogP contribution is 2.08. The van der Waals surface area contributed by atoms with Gasteiger partial charge in [-0.05, 0) is 17.7 Å². The number of carbonyl (C=O) groups excluding carboxylic acids is 1. The molecule has 0 fully saturated rings. The highest BCUT2D eigenvalue weighted by molar-refractivity contribution is 5.92. The van der Waals surface area contributed by atoms with Crippen LogP contribution in [0.4, 0.5) is 0 Å². The molecule has 0 N–H and O–H groups in total. The molecule has 19 heavy (non-hydrogen) atoms. The van der Waals surface area contributed by atoms with Gasteiger partial charge in [-0.15, -0.1) is 0 Å². The Balaban J connectivity index is 1.99. The SMILES string of the molecule is CON(OCc1ccccc1)C(=O)c1ccccc1. The molecule has 2 aromatic carbocycles. The van der Waals surface area contributed by atoms with Crippen LogP contribution in [-0.4, -0.2) is 18.2 Å². The van der Waals surface area contributed by atoms with Crippen LogP contribution in [0.1, 0.15) is 15.9 Å². The summed E-state index contributed by atoms with van der Waals surface area (Å²) < 4.78 is 0. The van der Waals surface area contributed by atoms with E-state index in [1.807, 2.05) is 36.4 Å². The van der Waals surface area contributed by atoms with Crippen LogP contribution < -0.4 is 0 Å². The number of carbonyl (C=O) groups is 1. The summed E-state index contributed by atoms with van der Waals surface area (Å²) in [6, 6.07) is 18.4. The molecular formula is C15H15NO3. The number of amides is 1. The van der Waals surface area contributed by atoms with Gasteiger partial charge in [0.25, 0.3) is 0 Å². The summed E-state index contributed by atoms with van der Waals surface area (Å²) in [4.78, 5) is 22.4. The summed E-state index contributed by atoms with van der Waals surface area (Å²) in [6.45, 7) is 0.271. The van der Waals surface area contributed by atoms with Gasteiger partial charge in [-0.2, -0.15) is 0 Å². The number of nitrogens with zero attached hydrogens (tertiary/aromatic N) is 1. The normalized spacial score (nSPS) is 10.2. The standard InChI is InChI=1S/C15H15NO3/c1-18-16(15(17)14-10-6-3-7-11-14)19-12-13-8-4-2-5-9-13/h2-11H,12H2,1H3. The van der Waals surface area contributed by atoms with Crippen LogP contribution in [0.5, 0.6) is 0 Å². The molecule has 4 heteroatoms. The van der Waals surface area contributed by atoms with Gasteiger partial charge in [-0.1, -0.05) is 53.8 Å². The van der Waals surface area contributed by atoms with Crippen molar-refractivity contribution >= 4 is 5.91 Å². The lowest BCUT2D eigenvalue weighted by Gasteiger charge is -2.18. The van der Waals surface area contributed by atoms with Gasteiger partial charge in [0.2, 0.25) is 0 Å². The number of hydrogen-bond donors (Lipinski definition) is 0. The fraction of sp³-hybridized carbons (Fsp3) is 0.133. The van der Waals surface area contributed by atoms with E-state index in [4.69, 9.17) is 9.68 Å². The molecule has 2 aromatic rings. The van der Waals surface area contributed by atoms with E-state index < -0.39 is 0 Å². The first-order chi connectivity index (χ1) is 9.31. The van der Waals surface area contributed by atoms with Gasteiger partial charge >= 0.3 is 5.91 Å². The zero-order valence-electron chi connectivity index (χ0n) is 10.7. The average molecular weight is 257 g/mol. The van der Waals surface area contributed by atoms with E-state index in [0.29, 0.717) is 5.56 Å². The largest absolute Gasteiger partial charge is 0.303 e. The first kappa shape index (κ1) is 13.3. The second kappa shape index (κ2) is 6.68. The predicted molar refractivity (Wildman–Crippen MR) is 70.9 cm³/mol. The predicted octanol–water partition coefficient (Wildman–Crippen LogP) is 2.82. The second-order valence-electron chi connectivity index (χ2n) is 3.87. The van der Waals surface area contributed by atoms with E-state index in [2.05, 4.69) is 0 Å². The van der Waals surface area contributed by atoms with Crippen molar-refractivity contribution in [2.75, 3.05) is 7.11 Å². The van der Waals surface area contributed by atoms with Crippen molar-refractivity contribution in [3.8, 4) is 0 Å². The molecule has 0 unspecified atom stereocenters. The number of hydroxylamine groups is 2. The van der Waals surface area contributed by atoms with Crippen LogP contribution in [0, 0.1) is 0 Å². The van der Waals surface area contributed by atoms with Crippen molar-refractivity contribution in [1.82, 2.24) is 5.23 Å². The molecule has 0 radical (unpaired) electrons. The average Bonchev–Trinajstić information content (AvgIpc) is 2.49. The van der Waals surface area contributed by atoms with Crippen molar-refractivity contribution in [3.63, 3.8) is 0 Å². The lowest BCUT2D eigenvalue weighted by Crippen LogP contribution is -2.30. The van der Waals surface area contributed by atoms with E-state index >= 15 is 0 Å². The van der Waals surface area contributed by atoms with E-state index in [1.54, 1.807) is 24.3 Å².